The lowest BCUT2D eigenvalue weighted by Gasteiger charge is -2.23. The Balaban J connectivity index is 1.60. The van der Waals surface area contributed by atoms with Crippen LogP contribution < -0.4 is 27.5 Å². The molecule has 1 aromatic carbocycles. The molecule has 11 nitrogen and oxygen atoms in total. The number of rotatable bonds is 6. The molecule has 2 unspecified atom stereocenters. The first-order valence-corrected chi connectivity index (χ1v) is 14.7. The first kappa shape index (κ1) is 33.2. The van der Waals surface area contributed by atoms with Crippen molar-refractivity contribution in [3.8, 4) is 22.5 Å². The fourth-order valence-corrected chi connectivity index (χ4v) is 5.42. The number of allylic oxidation sites excluding steroid dienone is 1. The van der Waals surface area contributed by atoms with Gasteiger partial charge in [0.25, 0.3) is 5.56 Å². The van der Waals surface area contributed by atoms with Gasteiger partial charge in [-0.1, -0.05) is 26.3 Å². The van der Waals surface area contributed by atoms with Crippen molar-refractivity contribution in [1.29, 1.82) is 0 Å². The van der Waals surface area contributed by atoms with Crippen molar-refractivity contribution in [2.45, 2.75) is 58.3 Å². The lowest BCUT2D eigenvalue weighted by atomic mass is 9.97. The summed E-state index contributed by atoms with van der Waals surface area (Å²) in [5, 5.41) is 7.21. The molecule has 0 saturated carbocycles. The second kappa shape index (κ2) is 13.3. The topological polar surface area (TPSA) is 150 Å². The fraction of sp³-hybridized carbons (Fsp3) is 0.323. The molecular weight excluding hydrogens is 625 g/mol. The molecule has 2 bridgehead atoms. The van der Waals surface area contributed by atoms with Gasteiger partial charge >= 0.3 is 12.7 Å². The first-order chi connectivity index (χ1) is 22.3. The minimum Gasteiger partial charge on any atom is -0.393 e. The average molecular weight is 658 g/mol. The van der Waals surface area contributed by atoms with Gasteiger partial charge in [0, 0.05) is 35.5 Å². The Morgan fingerprint density at radius 1 is 1.15 bits per heavy atom. The minimum atomic E-state index is -4.80. The Morgan fingerprint density at radius 2 is 1.91 bits per heavy atom. The number of nitrogens with two attached hydrogens (primary N) is 2. The van der Waals surface area contributed by atoms with Gasteiger partial charge in [-0.3, -0.25) is 24.1 Å². The van der Waals surface area contributed by atoms with Gasteiger partial charge < -0.3 is 11.1 Å². The summed E-state index contributed by atoms with van der Waals surface area (Å²) in [6.07, 6.45) is 1.49. The van der Waals surface area contributed by atoms with Crippen molar-refractivity contribution in [3.63, 3.8) is 0 Å². The van der Waals surface area contributed by atoms with Gasteiger partial charge in [-0.25, -0.2) is 15.5 Å². The van der Waals surface area contributed by atoms with Crippen LogP contribution in [0.1, 0.15) is 57.0 Å². The van der Waals surface area contributed by atoms with Crippen LogP contribution in [0.4, 0.5) is 33.3 Å². The molecule has 4 aromatic rings. The highest BCUT2D eigenvalue weighted by Crippen LogP contribution is 2.35. The summed E-state index contributed by atoms with van der Waals surface area (Å²) in [4.78, 5) is 35.6. The van der Waals surface area contributed by atoms with Crippen molar-refractivity contribution in [1.82, 2.24) is 24.3 Å². The molecule has 1 amide bonds. The number of benzene rings is 1. The summed E-state index contributed by atoms with van der Waals surface area (Å²) in [7, 11) is 0. The molecule has 0 fully saturated rings. The molecular formula is C31H32F5N9O2. The maximum Gasteiger partial charge on any atom is 0.432 e. The lowest BCUT2D eigenvalue weighted by molar-refractivity contribution is -0.119. The van der Waals surface area contributed by atoms with E-state index in [9.17, 15) is 31.5 Å². The van der Waals surface area contributed by atoms with Gasteiger partial charge in [-0.2, -0.15) is 27.1 Å². The van der Waals surface area contributed by atoms with Crippen LogP contribution in [0.2, 0.25) is 0 Å². The largest absolute Gasteiger partial charge is 0.432 e. The van der Waals surface area contributed by atoms with Gasteiger partial charge in [-0.15, -0.1) is 0 Å². The fourth-order valence-electron chi connectivity index (χ4n) is 5.42. The number of pyridine rings is 1. The number of fused-ring (bicyclic) bond motifs is 4. The third kappa shape index (κ3) is 7.01. The van der Waals surface area contributed by atoms with E-state index in [1.165, 1.54) is 41.5 Å². The lowest BCUT2D eigenvalue weighted by Crippen LogP contribution is -2.30. The second-order valence-electron chi connectivity index (χ2n) is 11.1. The summed E-state index contributed by atoms with van der Waals surface area (Å²) in [6.45, 7) is 0.611. The number of alkyl halides is 5. The molecule has 1 aliphatic heterocycles. The van der Waals surface area contributed by atoms with Crippen LogP contribution in [0.3, 0.4) is 0 Å². The van der Waals surface area contributed by atoms with E-state index in [-0.39, 0.29) is 28.7 Å². The summed E-state index contributed by atoms with van der Waals surface area (Å²) < 4.78 is 69.1. The Hall–Kier alpha value is -5.12. The number of nitrogens with one attached hydrogen (secondary N) is 1. The predicted molar refractivity (Wildman–Crippen MR) is 165 cm³/mol. The SMILES string of the molecule is CCc1ccc(N(N)/C=C(\N)C(F)(F)F)c(-c2cc(=O)n(C3CCCC(C)C(=O)Nc4cnn(C(F)F)c4-c4ccnc3c4)cn2)c1. The van der Waals surface area contributed by atoms with Crippen molar-refractivity contribution in [2.24, 2.45) is 17.5 Å². The Morgan fingerprint density at radius 3 is 2.60 bits per heavy atom. The highest BCUT2D eigenvalue weighted by Gasteiger charge is 2.32. The number of nitrogens with zero attached hydrogens (tertiary/aromatic N) is 6. The zero-order valence-corrected chi connectivity index (χ0v) is 25.4. The Bertz CT molecular complexity index is 1870. The summed E-state index contributed by atoms with van der Waals surface area (Å²) >= 11 is 0. The number of aromatic nitrogens is 5. The van der Waals surface area contributed by atoms with E-state index < -0.39 is 35.9 Å². The maximum atomic E-state index is 13.9. The number of aryl methyl sites for hydroxylation is 1. The molecule has 4 heterocycles. The molecule has 5 N–H and O–H groups in total. The second-order valence-corrected chi connectivity index (χ2v) is 11.1. The quantitative estimate of drug-likeness (QED) is 0.140. The molecule has 5 rings (SSSR count). The van der Waals surface area contributed by atoms with E-state index in [4.69, 9.17) is 11.6 Å². The highest BCUT2D eigenvalue weighted by molar-refractivity contribution is 5.95. The molecule has 248 valence electrons. The number of hydrogen-bond donors (Lipinski definition) is 3. The number of hydrazine groups is 1. The molecule has 0 spiro atoms. The van der Waals surface area contributed by atoms with Crippen molar-refractivity contribution in [3.05, 3.63) is 88.6 Å². The number of amides is 1. The van der Waals surface area contributed by atoms with Gasteiger partial charge in [0.15, 0.2) is 0 Å². The number of halogens is 5. The number of anilines is 2. The van der Waals surface area contributed by atoms with Crippen LogP contribution in [-0.2, 0) is 11.2 Å². The third-order valence-corrected chi connectivity index (χ3v) is 8.00. The van der Waals surface area contributed by atoms with E-state index >= 15 is 0 Å². The zero-order chi connectivity index (χ0) is 34.0. The van der Waals surface area contributed by atoms with Crippen molar-refractivity contribution < 1.29 is 26.7 Å². The molecule has 2 atom stereocenters. The monoisotopic (exact) mass is 657 g/mol. The van der Waals surface area contributed by atoms with Crippen LogP contribution in [0.25, 0.3) is 22.5 Å². The molecule has 47 heavy (non-hydrogen) atoms. The standard InChI is InChI=1S/C31H32F5N9O2/c1-3-18-7-8-24(44(38)15-26(37)31(34,35)36)20(11-18)21-13-27(46)43(16-40-21)25-6-4-5-17(2)29(47)42-23-14-41-45(30(32)33)28(23)19-9-10-39-22(25)12-19/h7-17,25,30H,3-6,37-38H2,1-2H3,(H,42,47)/b26-15-. The summed E-state index contributed by atoms with van der Waals surface area (Å²) in [5.41, 5.74) is 5.44. The summed E-state index contributed by atoms with van der Waals surface area (Å²) in [5.74, 6) is 5.14. The maximum absolute atomic E-state index is 13.9. The van der Waals surface area contributed by atoms with Crippen LogP contribution in [0, 0.1) is 5.92 Å². The molecule has 1 aliphatic rings. The average Bonchev–Trinajstić information content (AvgIpc) is 3.46. The number of carbonyl (C=O) groups excluding carboxylic acids is 1. The molecule has 3 aromatic heterocycles. The van der Waals surface area contributed by atoms with Gasteiger partial charge in [-0.05, 0) is 49.1 Å². The van der Waals surface area contributed by atoms with Gasteiger partial charge in [0.1, 0.15) is 5.70 Å². The Kier molecular flexibility index (Phi) is 9.42. The first-order valence-electron chi connectivity index (χ1n) is 14.7. The molecule has 0 aliphatic carbocycles. The Labute approximate surface area is 265 Å². The molecule has 0 radical (unpaired) electrons. The summed E-state index contributed by atoms with van der Waals surface area (Å²) in [6, 6.07) is 8.49. The number of hydrogen-bond acceptors (Lipinski definition) is 8. The van der Waals surface area contributed by atoms with E-state index in [0.717, 1.165) is 10.6 Å². The normalized spacial score (nSPS) is 17.5. The van der Waals surface area contributed by atoms with Crippen LogP contribution in [0.15, 0.2) is 71.8 Å². The zero-order valence-electron chi connectivity index (χ0n) is 25.4. The predicted octanol–water partition coefficient (Wildman–Crippen LogP) is 5.52. The molecule has 16 heteroatoms. The van der Waals surface area contributed by atoms with E-state index in [1.54, 1.807) is 25.1 Å². The van der Waals surface area contributed by atoms with Crippen LogP contribution in [-0.4, -0.2) is 36.4 Å². The van der Waals surface area contributed by atoms with Crippen molar-refractivity contribution in [2.75, 3.05) is 10.3 Å². The third-order valence-electron chi connectivity index (χ3n) is 8.00. The van der Waals surface area contributed by atoms with Gasteiger partial charge in [0.2, 0.25) is 5.91 Å². The van der Waals surface area contributed by atoms with Crippen LogP contribution in [0.5, 0.6) is 0 Å². The smallest absolute Gasteiger partial charge is 0.393 e. The molecule has 0 saturated heterocycles. The highest BCUT2D eigenvalue weighted by atomic mass is 19.4. The van der Waals surface area contributed by atoms with E-state index in [0.29, 0.717) is 53.4 Å². The van der Waals surface area contributed by atoms with Crippen LogP contribution >= 0.6 is 0 Å². The van der Waals surface area contributed by atoms with E-state index in [1.807, 2.05) is 6.92 Å². The van der Waals surface area contributed by atoms with Crippen molar-refractivity contribution >= 4 is 17.3 Å². The number of carbonyl (C=O) groups is 1. The van der Waals surface area contributed by atoms with Gasteiger partial charge in [0.05, 0.1) is 47.0 Å². The minimum absolute atomic E-state index is 0.0146. The van der Waals surface area contributed by atoms with E-state index in [2.05, 4.69) is 20.4 Å².